The number of carbonyl (C=O) groups excluding carboxylic acids is 1. The number of carbonyl (C=O) groups is 1. The molecule has 2 atom stereocenters. The van der Waals surface area contributed by atoms with Crippen LogP contribution in [-0.4, -0.2) is 34.7 Å². The Hall–Kier alpha value is -2.44. The second-order valence-electron chi connectivity index (χ2n) is 5.29. The fourth-order valence-electron chi connectivity index (χ4n) is 2.71. The fraction of sp³-hybridized carbons (Fsp3) is 0.467. The first-order valence-corrected chi connectivity index (χ1v) is 7.24. The predicted octanol–water partition coefficient (Wildman–Crippen LogP) is 2.98. The molecule has 1 saturated heterocycles. The number of hydrogen-bond donors (Lipinski definition) is 1. The molecule has 7 heteroatoms. The molecule has 0 aromatic heterocycles. The quantitative estimate of drug-likeness (QED) is 0.513. The number of benzene rings is 1. The zero-order valence-electron chi connectivity index (χ0n) is 12.4. The van der Waals surface area contributed by atoms with Gasteiger partial charge in [0.2, 0.25) is 0 Å². The van der Waals surface area contributed by atoms with Crippen LogP contribution < -0.4 is 0 Å². The molecule has 7 nitrogen and oxygen atoms in total. The van der Waals surface area contributed by atoms with E-state index in [4.69, 9.17) is 10.1 Å². The van der Waals surface area contributed by atoms with Crippen LogP contribution in [0.15, 0.2) is 24.3 Å². The molecule has 0 radical (unpaired) electrons. The highest BCUT2D eigenvalue weighted by atomic mass is 16.6. The van der Waals surface area contributed by atoms with Crippen molar-refractivity contribution in [2.75, 3.05) is 6.54 Å². The molecule has 0 bridgehead atoms. The molecule has 1 fully saturated rings. The van der Waals surface area contributed by atoms with E-state index in [-0.39, 0.29) is 18.3 Å². The molecule has 0 saturated carbocycles. The molecule has 1 aliphatic heterocycles. The summed E-state index contributed by atoms with van der Waals surface area (Å²) in [5, 5.41) is 18.1. The number of nitrogens with zero attached hydrogens (tertiary/aromatic N) is 2. The van der Waals surface area contributed by atoms with Gasteiger partial charge in [-0.25, -0.2) is 4.79 Å². The van der Waals surface area contributed by atoms with Crippen LogP contribution in [0.4, 0.5) is 10.5 Å². The standard InChI is InChI=1S/C15H19N3O4/c1-2-12-7-8-17(14(12)9-16)15(19)22-10-11-3-5-13(6-4-11)18(20)21/h3-6,9,12,14,16H,2,7-8,10H2,1H3. The van der Waals surface area contributed by atoms with Crippen molar-refractivity contribution in [2.24, 2.45) is 5.92 Å². The highest BCUT2D eigenvalue weighted by Gasteiger charge is 2.35. The van der Waals surface area contributed by atoms with Crippen LogP contribution in [-0.2, 0) is 11.3 Å². The van der Waals surface area contributed by atoms with Crippen LogP contribution in [0.5, 0.6) is 0 Å². The van der Waals surface area contributed by atoms with E-state index in [1.54, 1.807) is 17.0 Å². The molecular weight excluding hydrogens is 286 g/mol. The zero-order chi connectivity index (χ0) is 16.1. The lowest BCUT2D eigenvalue weighted by Crippen LogP contribution is -2.39. The lowest BCUT2D eigenvalue weighted by molar-refractivity contribution is -0.384. The van der Waals surface area contributed by atoms with E-state index in [2.05, 4.69) is 0 Å². The van der Waals surface area contributed by atoms with E-state index in [1.165, 1.54) is 18.3 Å². The number of nitrogens with one attached hydrogen (secondary N) is 1. The minimum atomic E-state index is -0.473. The number of nitro benzene ring substituents is 1. The molecule has 2 unspecified atom stereocenters. The fourth-order valence-corrected chi connectivity index (χ4v) is 2.71. The first kappa shape index (κ1) is 15.9. The number of amides is 1. The van der Waals surface area contributed by atoms with E-state index in [1.807, 2.05) is 6.92 Å². The number of likely N-dealkylation sites (tertiary alicyclic amines) is 1. The molecule has 1 aliphatic rings. The second kappa shape index (κ2) is 7.02. The average molecular weight is 305 g/mol. The molecule has 118 valence electrons. The van der Waals surface area contributed by atoms with Gasteiger partial charge in [-0.3, -0.25) is 15.0 Å². The maximum Gasteiger partial charge on any atom is 0.410 e. The van der Waals surface area contributed by atoms with E-state index in [9.17, 15) is 14.9 Å². The summed E-state index contributed by atoms with van der Waals surface area (Å²) >= 11 is 0. The lowest BCUT2D eigenvalue weighted by Gasteiger charge is -2.23. The van der Waals surface area contributed by atoms with Crippen molar-refractivity contribution in [3.63, 3.8) is 0 Å². The van der Waals surface area contributed by atoms with Gasteiger partial charge in [0.25, 0.3) is 5.69 Å². The average Bonchev–Trinajstić information content (AvgIpc) is 2.95. The maximum absolute atomic E-state index is 12.1. The SMILES string of the molecule is CCC1CCN(C(=O)OCc2ccc([N+](=O)[O-])cc2)C1C=N. The molecule has 2 rings (SSSR count). The Balaban J connectivity index is 1.92. The first-order chi connectivity index (χ1) is 10.6. The smallest absolute Gasteiger partial charge is 0.410 e. The van der Waals surface area contributed by atoms with Gasteiger partial charge in [0, 0.05) is 24.9 Å². The summed E-state index contributed by atoms with van der Waals surface area (Å²) in [5.41, 5.74) is 0.695. The molecule has 0 aliphatic carbocycles. The van der Waals surface area contributed by atoms with Crippen molar-refractivity contribution in [1.82, 2.24) is 4.90 Å². The maximum atomic E-state index is 12.1. The van der Waals surface area contributed by atoms with Crippen LogP contribution in [0.3, 0.4) is 0 Å². The summed E-state index contributed by atoms with van der Waals surface area (Å²) in [5.74, 6) is 0.310. The summed E-state index contributed by atoms with van der Waals surface area (Å²) in [6.07, 6.45) is 2.66. The Morgan fingerprint density at radius 2 is 2.18 bits per heavy atom. The Labute approximate surface area is 128 Å². The van der Waals surface area contributed by atoms with Gasteiger partial charge >= 0.3 is 6.09 Å². The summed E-state index contributed by atoms with van der Waals surface area (Å²) in [6.45, 7) is 2.71. The van der Waals surface area contributed by atoms with Gasteiger partial charge in [0.15, 0.2) is 0 Å². The number of hydrogen-bond acceptors (Lipinski definition) is 5. The van der Waals surface area contributed by atoms with Gasteiger partial charge in [-0.15, -0.1) is 0 Å². The molecule has 1 aromatic carbocycles. The van der Waals surface area contributed by atoms with Crippen LogP contribution in [0.1, 0.15) is 25.3 Å². The predicted molar refractivity (Wildman–Crippen MR) is 81.0 cm³/mol. The first-order valence-electron chi connectivity index (χ1n) is 7.24. The normalized spacial score (nSPS) is 20.7. The molecule has 22 heavy (non-hydrogen) atoms. The van der Waals surface area contributed by atoms with Crippen LogP contribution in [0, 0.1) is 21.4 Å². The number of rotatable bonds is 5. The monoisotopic (exact) mass is 305 g/mol. The van der Waals surface area contributed by atoms with E-state index in [0.29, 0.717) is 18.0 Å². The number of nitro groups is 1. The summed E-state index contributed by atoms with van der Waals surface area (Å²) < 4.78 is 5.25. The van der Waals surface area contributed by atoms with Gasteiger partial charge in [0.1, 0.15) is 6.61 Å². The Morgan fingerprint density at radius 1 is 1.50 bits per heavy atom. The third-order valence-electron chi connectivity index (χ3n) is 4.02. The van der Waals surface area contributed by atoms with E-state index < -0.39 is 11.0 Å². The Kier molecular flexibility index (Phi) is 5.08. The van der Waals surface area contributed by atoms with Gasteiger partial charge in [-0.05, 0) is 30.0 Å². The Morgan fingerprint density at radius 3 is 2.73 bits per heavy atom. The minimum absolute atomic E-state index is 0.00396. The van der Waals surface area contributed by atoms with Crippen molar-refractivity contribution in [1.29, 1.82) is 5.41 Å². The number of ether oxygens (including phenoxy) is 1. The highest BCUT2D eigenvalue weighted by molar-refractivity contribution is 5.75. The summed E-state index contributed by atoms with van der Waals surface area (Å²) in [7, 11) is 0. The molecule has 1 heterocycles. The van der Waals surface area contributed by atoms with Crippen molar-refractivity contribution in [3.8, 4) is 0 Å². The van der Waals surface area contributed by atoms with Crippen molar-refractivity contribution in [2.45, 2.75) is 32.4 Å². The molecule has 0 spiro atoms. The molecule has 1 amide bonds. The lowest BCUT2D eigenvalue weighted by atomic mass is 9.99. The molecular formula is C15H19N3O4. The van der Waals surface area contributed by atoms with Gasteiger partial charge in [-0.1, -0.05) is 13.3 Å². The number of non-ortho nitro benzene ring substituents is 1. The summed E-state index contributed by atoms with van der Waals surface area (Å²) in [4.78, 5) is 23.8. The zero-order valence-corrected chi connectivity index (χ0v) is 12.4. The highest BCUT2D eigenvalue weighted by Crippen LogP contribution is 2.26. The van der Waals surface area contributed by atoms with Crippen molar-refractivity contribution >= 4 is 18.0 Å². The largest absolute Gasteiger partial charge is 0.445 e. The van der Waals surface area contributed by atoms with Crippen LogP contribution in [0.2, 0.25) is 0 Å². The van der Waals surface area contributed by atoms with E-state index >= 15 is 0 Å². The van der Waals surface area contributed by atoms with Gasteiger partial charge in [-0.2, -0.15) is 0 Å². The second-order valence-corrected chi connectivity index (χ2v) is 5.29. The van der Waals surface area contributed by atoms with Crippen LogP contribution >= 0.6 is 0 Å². The third-order valence-corrected chi connectivity index (χ3v) is 4.02. The van der Waals surface area contributed by atoms with Crippen molar-refractivity contribution < 1.29 is 14.5 Å². The van der Waals surface area contributed by atoms with Crippen molar-refractivity contribution in [3.05, 3.63) is 39.9 Å². The van der Waals surface area contributed by atoms with E-state index in [0.717, 1.165) is 12.8 Å². The molecule has 1 N–H and O–H groups in total. The third kappa shape index (κ3) is 3.41. The van der Waals surface area contributed by atoms with Gasteiger partial charge < -0.3 is 10.1 Å². The van der Waals surface area contributed by atoms with Gasteiger partial charge in [0.05, 0.1) is 11.0 Å². The molecule has 1 aromatic rings. The topological polar surface area (TPSA) is 96.5 Å². The van der Waals surface area contributed by atoms with Crippen LogP contribution in [0.25, 0.3) is 0 Å². The minimum Gasteiger partial charge on any atom is -0.445 e. The Bertz CT molecular complexity index is 558. The summed E-state index contributed by atoms with van der Waals surface area (Å²) in [6, 6.07) is 5.70.